The molecule has 0 aromatic carbocycles. The Morgan fingerprint density at radius 1 is 0.769 bits per heavy atom. The second kappa shape index (κ2) is 22.3. The van der Waals surface area contributed by atoms with Crippen LogP contribution in [0.15, 0.2) is 5.11 Å². The number of hydrogen-bond donors (Lipinski definition) is 1. The van der Waals surface area contributed by atoms with Gasteiger partial charge in [0, 0.05) is 11.5 Å². The maximum atomic E-state index is 8.96. The molecule has 1 atom stereocenters. The van der Waals surface area contributed by atoms with Gasteiger partial charge in [0.05, 0.1) is 19.3 Å². The molecule has 154 valence electrons. The Balaban J connectivity index is 3.10. The molecule has 0 radical (unpaired) electrons. The first-order chi connectivity index (χ1) is 12.8. The number of aliphatic hydroxyl groups is 1. The molecule has 0 saturated heterocycles. The number of hydrogen-bond acceptors (Lipinski definition) is 3. The SMILES string of the molecule is CCCCCCCCCCCCCCCCCCOC[C@H](CO)N=[N+]=[N-]. The van der Waals surface area contributed by atoms with E-state index in [0.29, 0.717) is 13.2 Å². The zero-order chi connectivity index (χ0) is 19.1. The summed E-state index contributed by atoms with van der Waals surface area (Å²) in [5.41, 5.74) is 8.31. The fourth-order valence-corrected chi connectivity index (χ4v) is 3.17. The predicted molar refractivity (Wildman–Crippen MR) is 110 cm³/mol. The zero-order valence-corrected chi connectivity index (χ0v) is 17.2. The van der Waals surface area contributed by atoms with Gasteiger partial charge in [-0.25, -0.2) is 0 Å². The molecule has 0 saturated carbocycles. The minimum absolute atomic E-state index is 0.150. The van der Waals surface area contributed by atoms with E-state index < -0.39 is 6.04 Å². The van der Waals surface area contributed by atoms with Crippen molar-refractivity contribution in [2.75, 3.05) is 19.8 Å². The molecule has 0 aliphatic heterocycles. The molecule has 5 heteroatoms. The molecule has 0 unspecified atom stereocenters. The summed E-state index contributed by atoms with van der Waals surface area (Å²) in [7, 11) is 0. The molecule has 0 spiro atoms. The van der Waals surface area contributed by atoms with Crippen molar-refractivity contribution in [3.63, 3.8) is 0 Å². The summed E-state index contributed by atoms with van der Waals surface area (Å²) in [6.07, 6.45) is 21.8. The lowest BCUT2D eigenvalue weighted by atomic mass is 10.0. The van der Waals surface area contributed by atoms with Gasteiger partial charge in [0.15, 0.2) is 0 Å². The van der Waals surface area contributed by atoms with Crippen molar-refractivity contribution in [1.82, 2.24) is 0 Å². The van der Waals surface area contributed by atoms with Gasteiger partial charge >= 0.3 is 0 Å². The Kier molecular flexibility index (Phi) is 21.6. The van der Waals surface area contributed by atoms with Crippen LogP contribution in [0.3, 0.4) is 0 Å². The average molecular weight is 370 g/mol. The summed E-state index contributed by atoms with van der Waals surface area (Å²) in [6, 6.07) is -0.443. The molecule has 0 aromatic heterocycles. The first-order valence-corrected chi connectivity index (χ1v) is 11.1. The third kappa shape index (κ3) is 19.6. The highest BCUT2D eigenvalue weighted by Crippen LogP contribution is 2.13. The van der Waals surface area contributed by atoms with Crippen LogP contribution < -0.4 is 0 Å². The lowest BCUT2D eigenvalue weighted by Gasteiger charge is -2.08. The Morgan fingerprint density at radius 3 is 1.58 bits per heavy atom. The first kappa shape index (κ1) is 25.2. The number of aliphatic hydroxyl groups excluding tert-OH is 1. The monoisotopic (exact) mass is 369 g/mol. The van der Waals surface area contributed by atoms with E-state index in [0.717, 1.165) is 6.42 Å². The second-order valence-electron chi connectivity index (χ2n) is 7.42. The molecular formula is C21H43N3O2. The normalized spacial score (nSPS) is 12.1. The van der Waals surface area contributed by atoms with Crippen LogP contribution in [0, 0.1) is 0 Å². The van der Waals surface area contributed by atoms with Gasteiger partial charge in [-0.05, 0) is 12.0 Å². The smallest absolute Gasteiger partial charge is 0.0838 e. The van der Waals surface area contributed by atoms with Gasteiger partial charge in [0.1, 0.15) is 0 Å². The molecule has 0 bridgehead atoms. The van der Waals surface area contributed by atoms with Crippen molar-refractivity contribution in [3.8, 4) is 0 Å². The van der Waals surface area contributed by atoms with Crippen molar-refractivity contribution in [2.24, 2.45) is 5.11 Å². The summed E-state index contributed by atoms with van der Waals surface area (Å²) in [5.74, 6) is 0. The van der Waals surface area contributed by atoms with E-state index in [4.69, 9.17) is 15.4 Å². The van der Waals surface area contributed by atoms with Gasteiger partial charge in [0.2, 0.25) is 0 Å². The summed E-state index contributed by atoms with van der Waals surface area (Å²) < 4.78 is 5.43. The van der Waals surface area contributed by atoms with Gasteiger partial charge in [-0.2, -0.15) is 0 Å². The van der Waals surface area contributed by atoms with E-state index in [-0.39, 0.29) is 6.61 Å². The van der Waals surface area contributed by atoms with Gasteiger partial charge < -0.3 is 9.84 Å². The number of azide groups is 1. The molecular weight excluding hydrogens is 326 g/mol. The molecule has 5 nitrogen and oxygen atoms in total. The maximum absolute atomic E-state index is 8.96. The largest absolute Gasteiger partial charge is 0.396 e. The highest BCUT2D eigenvalue weighted by Gasteiger charge is 2.03. The van der Waals surface area contributed by atoms with Crippen molar-refractivity contribution >= 4 is 0 Å². The lowest BCUT2D eigenvalue weighted by Crippen LogP contribution is -2.17. The van der Waals surface area contributed by atoms with Crippen LogP contribution >= 0.6 is 0 Å². The number of unbranched alkanes of at least 4 members (excludes halogenated alkanes) is 15. The standard InChI is InChI=1S/C21H43N3O2/c1-2-3-4-5-6-7-8-9-10-11-12-13-14-15-16-17-18-26-20-21(19-25)23-24-22/h21,25H,2-20H2,1H3/t21-/m0/s1. The van der Waals surface area contributed by atoms with E-state index in [1.54, 1.807) is 0 Å². The Bertz CT molecular complexity index is 320. The molecule has 0 heterocycles. The van der Waals surface area contributed by atoms with Gasteiger partial charge in [-0.3, -0.25) is 0 Å². The van der Waals surface area contributed by atoms with Crippen LogP contribution in [0.5, 0.6) is 0 Å². The highest BCUT2D eigenvalue weighted by atomic mass is 16.5. The van der Waals surface area contributed by atoms with Gasteiger partial charge in [-0.1, -0.05) is 108 Å². The molecule has 0 fully saturated rings. The fourth-order valence-electron chi connectivity index (χ4n) is 3.17. The molecule has 0 amide bonds. The Labute approximate surface area is 161 Å². The summed E-state index contributed by atoms with van der Waals surface area (Å²) >= 11 is 0. The van der Waals surface area contributed by atoms with Crippen LogP contribution in [0.25, 0.3) is 10.4 Å². The van der Waals surface area contributed by atoms with Crippen LogP contribution in [-0.2, 0) is 4.74 Å². The van der Waals surface area contributed by atoms with E-state index in [1.807, 2.05) is 0 Å². The van der Waals surface area contributed by atoms with Crippen LogP contribution in [-0.4, -0.2) is 31.0 Å². The molecule has 0 rings (SSSR count). The van der Waals surface area contributed by atoms with E-state index >= 15 is 0 Å². The van der Waals surface area contributed by atoms with Crippen LogP contribution in [0.1, 0.15) is 110 Å². The number of nitrogens with zero attached hydrogens (tertiary/aromatic N) is 3. The minimum atomic E-state index is -0.443. The molecule has 0 aromatic rings. The van der Waals surface area contributed by atoms with E-state index in [1.165, 1.54) is 96.3 Å². The maximum Gasteiger partial charge on any atom is 0.0838 e. The van der Waals surface area contributed by atoms with E-state index in [2.05, 4.69) is 16.9 Å². The van der Waals surface area contributed by atoms with Crippen molar-refractivity contribution < 1.29 is 9.84 Å². The average Bonchev–Trinajstić information content (AvgIpc) is 2.66. The minimum Gasteiger partial charge on any atom is -0.396 e. The highest BCUT2D eigenvalue weighted by molar-refractivity contribution is 4.64. The Hall–Kier alpha value is -0.770. The summed E-state index contributed by atoms with van der Waals surface area (Å²) in [6.45, 7) is 3.14. The van der Waals surface area contributed by atoms with Gasteiger partial charge in [0.25, 0.3) is 0 Å². The van der Waals surface area contributed by atoms with Crippen LogP contribution in [0.2, 0.25) is 0 Å². The lowest BCUT2D eigenvalue weighted by molar-refractivity contribution is 0.0981. The second-order valence-corrected chi connectivity index (χ2v) is 7.42. The predicted octanol–water partition coefficient (Wildman–Crippen LogP) is 6.94. The van der Waals surface area contributed by atoms with E-state index in [9.17, 15) is 0 Å². The quantitative estimate of drug-likeness (QED) is 0.103. The molecule has 0 aliphatic rings. The molecule has 0 aliphatic carbocycles. The zero-order valence-electron chi connectivity index (χ0n) is 17.2. The third-order valence-electron chi connectivity index (χ3n) is 4.88. The summed E-state index contributed by atoms with van der Waals surface area (Å²) in [5, 5.41) is 12.4. The first-order valence-electron chi connectivity index (χ1n) is 11.1. The van der Waals surface area contributed by atoms with Crippen molar-refractivity contribution in [1.29, 1.82) is 0 Å². The van der Waals surface area contributed by atoms with Crippen molar-refractivity contribution in [3.05, 3.63) is 10.4 Å². The molecule has 26 heavy (non-hydrogen) atoms. The number of ether oxygens (including phenoxy) is 1. The third-order valence-corrected chi connectivity index (χ3v) is 4.88. The Morgan fingerprint density at radius 2 is 1.19 bits per heavy atom. The van der Waals surface area contributed by atoms with Gasteiger partial charge in [-0.15, -0.1) is 0 Å². The fraction of sp³-hybridized carbons (Fsp3) is 1.00. The summed E-state index contributed by atoms with van der Waals surface area (Å²) in [4.78, 5) is 2.69. The van der Waals surface area contributed by atoms with Crippen LogP contribution in [0.4, 0.5) is 0 Å². The van der Waals surface area contributed by atoms with Crippen molar-refractivity contribution in [2.45, 2.75) is 116 Å². The number of rotatable bonds is 21. The topological polar surface area (TPSA) is 78.2 Å². The molecule has 1 N–H and O–H groups in total.